The normalized spacial score (nSPS) is 33.0. The molecule has 0 amide bonds. The van der Waals surface area contributed by atoms with E-state index in [2.05, 4.69) is 0 Å². The molecule has 0 spiro atoms. The molecule has 0 bridgehead atoms. The van der Waals surface area contributed by atoms with Gasteiger partial charge >= 0.3 is 0 Å². The van der Waals surface area contributed by atoms with Crippen LogP contribution < -0.4 is 0 Å². The Hall–Kier alpha value is 0.270. The fourth-order valence-electron chi connectivity index (χ4n) is 1.25. The average molecular weight is 162 g/mol. The number of aliphatic hydroxyl groups excluding tert-OH is 1. The Labute approximate surface area is 66.0 Å². The molecule has 1 saturated heterocycles. The summed E-state index contributed by atoms with van der Waals surface area (Å²) < 4.78 is 5.36. The van der Waals surface area contributed by atoms with E-state index in [1.807, 2.05) is 11.8 Å². The van der Waals surface area contributed by atoms with Gasteiger partial charge in [-0.3, -0.25) is 0 Å². The zero-order valence-electron chi connectivity index (χ0n) is 6.30. The largest absolute Gasteiger partial charge is 0.396 e. The summed E-state index contributed by atoms with van der Waals surface area (Å²) in [5.41, 5.74) is -0.000579. The zero-order valence-corrected chi connectivity index (χ0v) is 7.12. The van der Waals surface area contributed by atoms with Gasteiger partial charge in [-0.25, -0.2) is 0 Å². The van der Waals surface area contributed by atoms with E-state index in [1.54, 1.807) is 7.11 Å². The fourth-order valence-corrected chi connectivity index (χ4v) is 2.69. The van der Waals surface area contributed by atoms with Crippen molar-refractivity contribution >= 4 is 11.8 Å². The van der Waals surface area contributed by atoms with Crippen molar-refractivity contribution in [1.29, 1.82) is 0 Å². The predicted octanol–water partition coefficient (Wildman–Crippen LogP) is 0.891. The molecule has 3 heteroatoms. The third-order valence-corrected chi connectivity index (χ3v) is 3.29. The van der Waals surface area contributed by atoms with Gasteiger partial charge in [-0.05, 0) is 12.2 Å². The van der Waals surface area contributed by atoms with Gasteiger partial charge in [-0.2, -0.15) is 11.8 Å². The molecule has 1 aliphatic rings. The molecule has 1 fully saturated rings. The summed E-state index contributed by atoms with van der Waals surface area (Å²) in [5, 5.41) is 8.73. The first-order chi connectivity index (χ1) is 4.83. The molecule has 60 valence electrons. The van der Waals surface area contributed by atoms with Crippen molar-refractivity contribution in [2.45, 2.75) is 18.4 Å². The highest BCUT2D eigenvalue weighted by molar-refractivity contribution is 7.99. The van der Waals surface area contributed by atoms with Gasteiger partial charge in [0.1, 0.15) is 0 Å². The van der Waals surface area contributed by atoms with Crippen LogP contribution in [0.1, 0.15) is 12.8 Å². The average Bonchev–Trinajstić information content (AvgIpc) is 2.39. The van der Waals surface area contributed by atoms with Gasteiger partial charge in [0.2, 0.25) is 0 Å². The topological polar surface area (TPSA) is 29.5 Å². The van der Waals surface area contributed by atoms with Crippen LogP contribution >= 0.6 is 11.8 Å². The van der Waals surface area contributed by atoms with Crippen molar-refractivity contribution in [2.75, 3.05) is 25.2 Å². The smallest absolute Gasteiger partial charge is 0.0798 e. The first-order valence-corrected chi connectivity index (χ1v) is 4.72. The molecule has 0 aromatic heterocycles. The van der Waals surface area contributed by atoms with E-state index in [4.69, 9.17) is 9.84 Å². The number of methoxy groups -OCH3 is 1. The summed E-state index contributed by atoms with van der Waals surface area (Å²) in [4.78, 5) is 0. The van der Waals surface area contributed by atoms with Crippen LogP contribution in [0.25, 0.3) is 0 Å². The second kappa shape index (κ2) is 3.60. The van der Waals surface area contributed by atoms with Crippen LogP contribution in [0.15, 0.2) is 0 Å². The van der Waals surface area contributed by atoms with Crippen LogP contribution in [0, 0.1) is 0 Å². The van der Waals surface area contributed by atoms with Gasteiger partial charge < -0.3 is 9.84 Å². The van der Waals surface area contributed by atoms with Crippen LogP contribution in [0.5, 0.6) is 0 Å². The van der Waals surface area contributed by atoms with E-state index in [0.717, 1.165) is 18.6 Å². The van der Waals surface area contributed by atoms with E-state index in [1.165, 1.54) is 5.75 Å². The molecule has 0 aromatic rings. The van der Waals surface area contributed by atoms with Crippen molar-refractivity contribution < 1.29 is 9.84 Å². The molecule has 1 rings (SSSR count). The first-order valence-electron chi connectivity index (χ1n) is 3.57. The number of rotatable bonds is 3. The summed E-state index contributed by atoms with van der Waals surface area (Å²) in [5.74, 6) is 2.22. The van der Waals surface area contributed by atoms with Crippen LogP contribution in [0.2, 0.25) is 0 Å². The Morgan fingerprint density at radius 1 is 1.70 bits per heavy atom. The molecule has 1 atom stereocenters. The van der Waals surface area contributed by atoms with Gasteiger partial charge in [0, 0.05) is 25.9 Å². The summed E-state index contributed by atoms with van der Waals surface area (Å²) >= 11 is 1.91. The van der Waals surface area contributed by atoms with Gasteiger partial charge in [0.25, 0.3) is 0 Å². The lowest BCUT2D eigenvalue weighted by molar-refractivity contribution is -0.00615. The highest BCUT2D eigenvalue weighted by Gasteiger charge is 2.33. The molecule has 0 saturated carbocycles. The second-order valence-electron chi connectivity index (χ2n) is 2.66. The SMILES string of the molecule is COC1(CCO)CCSC1. The van der Waals surface area contributed by atoms with E-state index in [0.29, 0.717) is 0 Å². The zero-order chi connectivity index (χ0) is 7.45. The fraction of sp³-hybridized carbons (Fsp3) is 1.00. The minimum Gasteiger partial charge on any atom is -0.396 e. The molecule has 10 heavy (non-hydrogen) atoms. The third-order valence-electron chi connectivity index (χ3n) is 2.07. The highest BCUT2D eigenvalue weighted by atomic mass is 32.2. The van der Waals surface area contributed by atoms with Crippen LogP contribution in [-0.2, 0) is 4.74 Å². The maximum atomic E-state index is 8.73. The standard InChI is InChI=1S/C7H14O2S/c1-9-7(2-4-8)3-5-10-6-7/h8H,2-6H2,1H3. The number of thioether (sulfide) groups is 1. The van der Waals surface area contributed by atoms with Gasteiger partial charge in [-0.15, -0.1) is 0 Å². The predicted molar refractivity (Wildman–Crippen MR) is 43.4 cm³/mol. The van der Waals surface area contributed by atoms with E-state index in [-0.39, 0.29) is 12.2 Å². The third kappa shape index (κ3) is 1.65. The van der Waals surface area contributed by atoms with Crippen molar-refractivity contribution in [2.24, 2.45) is 0 Å². The number of hydrogen-bond donors (Lipinski definition) is 1. The second-order valence-corrected chi connectivity index (χ2v) is 3.77. The van der Waals surface area contributed by atoms with Crippen LogP contribution in [-0.4, -0.2) is 35.9 Å². The number of aliphatic hydroxyl groups is 1. The van der Waals surface area contributed by atoms with Gasteiger partial charge in [0.15, 0.2) is 0 Å². The number of ether oxygens (including phenoxy) is 1. The van der Waals surface area contributed by atoms with Crippen LogP contribution in [0.3, 0.4) is 0 Å². The minimum absolute atomic E-state index is 0.000579. The maximum Gasteiger partial charge on any atom is 0.0798 e. The lowest BCUT2D eigenvalue weighted by Gasteiger charge is -2.25. The molecular weight excluding hydrogens is 148 g/mol. The highest BCUT2D eigenvalue weighted by Crippen LogP contribution is 2.33. The van der Waals surface area contributed by atoms with Crippen molar-refractivity contribution in [3.63, 3.8) is 0 Å². The Bertz CT molecular complexity index is 99.8. The van der Waals surface area contributed by atoms with Crippen LogP contribution in [0.4, 0.5) is 0 Å². The lowest BCUT2D eigenvalue weighted by atomic mass is 10.00. The Morgan fingerprint density at radius 3 is 2.90 bits per heavy atom. The van der Waals surface area contributed by atoms with E-state index in [9.17, 15) is 0 Å². The molecule has 1 N–H and O–H groups in total. The molecule has 0 aliphatic carbocycles. The van der Waals surface area contributed by atoms with E-state index >= 15 is 0 Å². The lowest BCUT2D eigenvalue weighted by Crippen LogP contribution is -2.32. The van der Waals surface area contributed by atoms with Crippen molar-refractivity contribution in [3.8, 4) is 0 Å². The number of hydrogen-bond acceptors (Lipinski definition) is 3. The van der Waals surface area contributed by atoms with Crippen molar-refractivity contribution in [1.82, 2.24) is 0 Å². The van der Waals surface area contributed by atoms with E-state index < -0.39 is 0 Å². The molecule has 0 aromatic carbocycles. The molecule has 1 unspecified atom stereocenters. The monoisotopic (exact) mass is 162 g/mol. The molecular formula is C7H14O2S. The Balaban J connectivity index is 2.41. The molecule has 0 radical (unpaired) electrons. The molecule has 1 aliphatic heterocycles. The van der Waals surface area contributed by atoms with Gasteiger partial charge in [-0.1, -0.05) is 0 Å². The van der Waals surface area contributed by atoms with Crippen molar-refractivity contribution in [3.05, 3.63) is 0 Å². The first kappa shape index (κ1) is 8.37. The summed E-state index contributed by atoms with van der Waals surface area (Å²) in [7, 11) is 1.74. The quantitative estimate of drug-likeness (QED) is 0.668. The Morgan fingerprint density at radius 2 is 2.50 bits per heavy atom. The molecule has 2 nitrogen and oxygen atoms in total. The summed E-state index contributed by atoms with van der Waals surface area (Å²) in [6, 6.07) is 0. The van der Waals surface area contributed by atoms with Gasteiger partial charge in [0.05, 0.1) is 5.60 Å². The summed E-state index contributed by atoms with van der Waals surface area (Å²) in [6.07, 6.45) is 1.88. The molecule has 1 heterocycles. The minimum atomic E-state index is -0.000579. The summed E-state index contributed by atoms with van der Waals surface area (Å²) in [6.45, 7) is 0.244. The maximum absolute atomic E-state index is 8.73. The Kier molecular flexibility index (Phi) is 3.01.